The van der Waals surface area contributed by atoms with Crippen LogP contribution in [0.3, 0.4) is 0 Å². The Kier molecular flexibility index (Phi) is 5.01. The largest absolute Gasteiger partial charge is 0.497 e. The number of amides is 1. The highest BCUT2D eigenvalue weighted by molar-refractivity contribution is 5.95. The zero-order chi connectivity index (χ0) is 16.9. The molecule has 0 saturated carbocycles. The van der Waals surface area contributed by atoms with Gasteiger partial charge in [-0.05, 0) is 35.9 Å². The van der Waals surface area contributed by atoms with E-state index >= 15 is 0 Å². The lowest BCUT2D eigenvalue weighted by molar-refractivity contribution is 0.0634. The van der Waals surface area contributed by atoms with Crippen LogP contribution in [0.1, 0.15) is 22.0 Å². The molecule has 1 heterocycles. The second-order valence-electron chi connectivity index (χ2n) is 5.72. The first-order valence-electron chi connectivity index (χ1n) is 8.02. The van der Waals surface area contributed by atoms with Crippen molar-refractivity contribution in [2.45, 2.75) is 6.04 Å². The molecule has 5 heteroatoms. The number of ether oxygens (including phenoxy) is 2. The van der Waals surface area contributed by atoms with Crippen LogP contribution in [-0.2, 0) is 0 Å². The number of benzene rings is 2. The van der Waals surface area contributed by atoms with Crippen LogP contribution in [0.4, 0.5) is 0 Å². The number of hydrogen-bond acceptors (Lipinski definition) is 4. The van der Waals surface area contributed by atoms with Gasteiger partial charge in [0.15, 0.2) is 0 Å². The van der Waals surface area contributed by atoms with E-state index in [0.717, 1.165) is 24.4 Å². The van der Waals surface area contributed by atoms with Crippen molar-refractivity contribution < 1.29 is 14.3 Å². The van der Waals surface area contributed by atoms with E-state index in [1.54, 1.807) is 20.3 Å². The van der Waals surface area contributed by atoms with Crippen molar-refractivity contribution >= 4 is 5.91 Å². The summed E-state index contributed by atoms with van der Waals surface area (Å²) in [5, 5.41) is 3.37. The summed E-state index contributed by atoms with van der Waals surface area (Å²) in [6.45, 7) is 2.21. The van der Waals surface area contributed by atoms with Gasteiger partial charge in [-0.15, -0.1) is 0 Å². The molecule has 24 heavy (non-hydrogen) atoms. The average molecular weight is 326 g/mol. The lowest BCUT2D eigenvalue weighted by Gasteiger charge is -2.36. The molecule has 0 aliphatic carbocycles. The molecular weight excluding hydrogens is 304 g/mol. The van der Waals surface area contributed by atoms with E-state index in [1.165, 1.54) is 0 Å². The van der Waals surface area contributed by atoms with E-state index in [9.17, 15) is 4.79 Å². The molecule has 1 N–H and O–H groups in total. The van der Waals surface area contributed by atoms with Crippen molar-refractivity contribution in [2.75, 3.05) is 33.9 Å². The minimum absolute atomic E-state index is 0.00311. The van der Waals surface area contributed by atoms with E-state index in [1.807, 2.05) is 47.4 Å². The molecule has 2 aromatic rings. The van der Waals surface area contributed by atoms with Crippen LogP contribution in [0.5, 0.6) is 11.5 Å². The van der Waals surface area contributed by atoms with Crippen molar-refractivity contribution in [1.82, 2.24) is 10.2 Å². The molecule has 0 aromatic heterocycles. The average Bonchev–Trinajstić information content (AvgIpc) is 2.67. The molecule has 3 rings (SSSR count). The topological polar surface area (TPSA) is 50.8 Å². The molecule has 1 aliphatic rings. The van der Waals surface area contributed by atoms with Gasteiger partial charge in [0.1, 0.15) is 11.5 Å². The van der Waals surface area contributed by atoms with Crippen molar-refractivity contribution in [3.05, 3.63) is 59.7 Å². The SMILES string of the molecule is COc1ccc([C@H]2CNCCN2C(=O)c2cccc(OC)c2)cc1. The van der Waals surface area contributed by atoms with E-state index in [-0.39, 0.29) is 11.9 Å². The van der Waals surface area contributed by atoms with Crippen LogP contribution in [0.2, 0.25) is 0 Å². The van der Waals surface area contributed by atoms with Crippen molar-refractivity contribution in [3.8, 4) is 11.5 Å². The maximum atomic E-state index is 13.0. The highest BCUT2D eigenvalue weighted by Gasteiger charge is 2.28. The van der Waals surface area contributed by atoms with Gasteiger partial charge in [-0.3, -0.25) is 4.79 Å². The van der Waals surface area contributed by atoms with Crippen molar-refractivity contribution in [2.24, 2.45) is 0 Å². The number of nitrogens with one attached hydrogen (secondary N) is 1. The van der Waals surface area contributed by atoms with Crippen LogP contribution >= 0.6 is 0 Å². The number of nitrogens with zero attached hydrogens (tertiary/aromatic N) is 1. The number of carbonyl (C=O) groups is 1. The third kappa shape index (κ3) is 3.36. The van der Waals surface area contributed by atoms with E-state index in [0.29, 0.717) is 17.9 Å². The van der Waals surface area contributed by atoms with Gasteiger partial charge in [-0.1, -0.05) is 18.2 Å². The number of hydrogen-bond donors (Lipinski definition) is 1. The van der Waals surface area contributed by atoms with Crippen molar-refractivity contribution in [3.63, 3.8) is 0 Å². The van der Waals surface area contributed by atoms with Gasteiger partial charge in [0.05, 0.1) is 20.3 Å². The van der Waals surface area contributed by atoms with Gasteiger partial charge in [-0.25, -0.2) is 0 Å². The Morgan fingerprint density at radius 2 is 1.83 bits per heavy atom. The minimum Gasteiger partial charge on any atom is -0.497 e. The fraction of sp³-hybridized carbons (Fsp3) is 0.316. The summed E-state index contributed by atoms with van der Waals surface area (Å²) < 4.78 is 10.4. The Hall–Kier alpha value is -2.53. The molecule has 5 nitrogen and oxygen atoms in total. The molecule has 0 bridgehead atoms. The third-order valence-corrected chi connectivity index (χ3v) is 4.32. The zero-order valence-electron chi connectivity index (χ0n) is 14.0. The zero-order valence-corrected chi connectivity index (χ0v) is 14.0. The maximum absolute atomic E-state index is 13.0. The molecule has 126 valence electrons. The number of carbonyl (C=O) groups excluding carboxylic acids is 1. The predicted molar refractivity (Wildman–Crippen MR) is 92.6 cm³/mol. The Labute approximate surface area is 142 Å². The van der Waals surface area contributed by atoms with E-state index in [2.05, 4.69) is 5.32 Å². The summed E-state index contributed by atoms with van der Waals surface area (Å²) in [6, 6.07) is 15.2. The van der Waals surface area contributed by atoms with Crippen LogP contribution in [0, 0.1) is 0 Å². The van der Waals surface area contributed by atoms with Crippen molar-refractivity contribution in [1.29, 1.82) is 0 Å². The van der Waals surface area contributed by atoms with E-state index in [4.69, 9.17) is 9.47 Å². The molecule has 1 aliphatic heterocycles. The Morgan fingerprint density at radius 1 is 1.08 bits per heavy atom. The van der Waals surface area contributed by atoms with Gasteiger partial charge in [-0.2, -0.15) is 0 Å². The molecule has 1 amide bonds. The second kappa shape index (κ2) is 7.36. The fourth-order valence-electron chi connectivity index (χ4n) is 2.99. The van der Waals surface area contributed by atoms with Gasteiger partial charge in [0, 0.05) is 25.2 Å². The summed E-state index contributed by atoms with van der Waals surface area (Å²) in [7, 11) is 3.25. The van der Waals surface area contributed by atoms with Gasteiger partial charge < -0.3 is 19.7 Å². The van der Waals surface area contributed by atoms with Crippen LogP contribution in [-0.4, -0.2) is 44.7 Å². The summed E-state index contributed by atoms with van der Waals surface area (Å²) >= 11 is 0. The van der Waals surface area contributed by atoms with E-state index < -0.39 is 0 Å². The lowest BCUT2D eigenvalue weighted by Crippen LogP contribution is -2.48. The summed E-state index contributed by atoms with van der Waals surface area (Å²) in [5.74, 6) is 1.53. The smallest absolute Gasteiger partial charge is 0.254 e. The first kappa shape index (κ1) is 16.3. The summed E-state index contributed by atoms with van der Waals surface area (Å²) in [6.07, 6.45) is 0. The first-order chi connectivity index (χ1) is 11.7. The summed E-state index contributed by atoms with van der Waals surface area (Å²) in [4.78, 5) is 14.9. The second-order valence-corrected chi connectivity index (χ2v) is 5.72. The third-order valence-electron chi connectivity index (χ3n) is 4.32. The molecular formula is C19H22N2O3. The monoisotopic (exact) mass is 326 g/mol. The van der Waals surface area contributed by atoms with Gasteiger partial charge in [0.2, 0.25) is 0 Å². The Bertz CT molecular complexity index is 700. The highest BCUT2D eigenvalue weighted by Crippen LogP contribution is 2.26. The normalized spacial score (nSPS) is 17.4. The van der Waals surface area contributed by atoms with Gasteiger partial charge >= 0.3 is 0 Å². The van der Waals surface area contributed by atoms with Crippen LogP contribution < -0.4 is 14.8 Å². The molecule has 0 spiro atoms. The first-order valence-corrected chi connectivity index (χ1v) is 8.02. The lowest BCUT2D eigenvalue weighted by atomic mass is 10.0. The van der Waals surface area contributed by atoms with Gasteiger partial charge in [0.25, 0.3) is 5.91 Å². The highest BCUT2D eigenvalue weighted by atomic mass is 16.5. The maximum Gasteiger partial charge on any atom is 0.254 e. The van der Waals surface area contributed by atoms with Crippen LogP contribution in [0.15, 0.2) is 48.5 Å². The molecule has 0 radical (unpaired) electrons. The molecule has 1 saturated heterocycles. The quantitative estimate of drug-likeness (QED) is 0.938. The fourth-order valence-corrected chi connectivity index (χ4v) is 2.99. The predicted octanol–water partition coefficient (Wildman–Crippen LogP) is 2.49. The Morgan fingerprint density at radius 3 is 2.54 bits per heavy atom. The standard InChI is InChI=1S/C19H22N2O3/c1-23-16-8-6-14(7-9-16)18-13-20-10-11-21(18)19(22)15-4-3-5-17(12-15)24-2/h3-9,12,18,20H,10-11,13H2,1-2H3/t18-/m1/s1. The Balaban J connectivity index is 1.86. The van der Waals surface area contributed by atoms with Crippen LogP contribution in [0.25, 0.3) is 0 Å². The number of piperazine rings is 1. The molecule has 2 aromatic carbocycles. The minimum atomic E-state index is 0.00311. The number of methoxy groups -OCH3 is 2. The molecule has 1 atom stereocenters. The molecule has 1 fully saturated rings. The summed E-state index contributed by atoms with van der Waals surface area (Å²) in [5.41, 5.74) is 1.74. The molecule has 0 unspecified atom stereocenters. The number of rotatable bonds is 4.